The summed E-state index contributed by atoms with van der Waals surface area (Å²) in [7, 11) is 0. The van der Waals surface area contributed by atoms with E-state index in [1.165, 1.54) is 0 Å². The molecular formula is C16H20ClNO3. The number of rotatable bonds is 3. The maximum absolute atomic E-state index is 12.7. The molecule has 4 nitrogen and oxygen atoms in total. The molecule has 1 unspecified atom stereocenters. The molecule has 0 aromatic heterocycles. The van der Waals surface area contributed by atoms with Crippen molar-refractivity contribution in [1.29, 1.82) is 0 Å². The lowest BCUT2D eigenvalue weighted by Gasteiger charge is -2.34. The van der Waals surface area contributed by atoms with E-state index in [2.05, 4.69) is 0 Å². The van der Waals surface area contributed by atoms with Gasteiger partial charge in [-0.1, -0.05) is 11.6 Å². The summed E-state index contributed by atoms with van der Waals surface area (Å²) in [5.74, 6) is -0.441. The number of benzene rings is 1. The molecule has 21 heavy (non-hydrogen) atoms. The first kappa shape index (κ1) is 15.8. The van der Waals surface area contributed by atoms with E-state index in [4.69, 9.17) is 16.3 Å². The van der Waals surface area contributed by atoms with E-state index in [1.807, 2.05) is 6.92 Å². The molecule has 0 aliphatic carbocycles. The van der Waals surface area contributed by atoms with Crippen LogP contribution in [-0.2, 0) is 9.53 Å². The van der Waals surface area contributed by atoms with Crippen LogP contribution in [0.15, 0.2) is 18.2 Å². The van der Waals surface area contributed by atoms with Crippen LogP contribution in [-0.4, -0.2) is 36.0 Å². The van der Waals surface area contributed by atoms with E-state index < -0.39 is 6.04 Å². The van der Waals surface area contributed by atoms with E-state index in [0.29, 0.717) is 30.2 Å². The topological polar surface area (TPSA) is 46.6 Å². The van der Waals surface area contributed by atoms with Crippen LogP contribution in [0.5, 0.6) is 0 Å². The van der Waals surface area contributed by atoms with Gasteiger partial charge in [0.05, 0.1) is 6.61 Å². The predicted molar refractivity (Wildman–Crippen MR) is 81.5 cm³/mol. The van der Waals surface area contributed by atoms with E-state index in [1.54, 1.807) is 30.0 Å². The van der Waals surface area contributed by atoms with Crippen molar-refractivity contribution in [3.05, 3.63) is 34.3 Å². The van der Waals surface area contributed by atoms with Crippen LogP contribution < -0.4 is 0 Å². The molecule has 114 valence electrons. The number of aryl methyl sites for hydroxylation is 1. The standard InChI is InChI=1S/C16H20ClNO3/c1-3-21-16(20)14-6-4-5-9-18(14)15(19)12-7-8-13(17)11(2)10-12/h7-8,10,14H,3-6,9H2,1-2H3. The van der Waals surface area contributed by atoms with Gasteiger partial charge < -0.3 is 9.64 Å². The lowest BCUT2D eigenvalue weighted by Crippen LogP contribution is -2.48. The third kappa shape index (κ3) is 3.56. The van der Waals surface area contributed by atoms with Crippen molar-refractivity contribution in [3.8, 4) is 0 Å². The molecule has 0 bridgehead atoms. The fraction of sp³-hybridized carbons (Fsp3) is 0.500. The Morgan fingerprint density at radius 1 is 1.38 bits per heavy atom. The van der Waals surface area contributed by atoms with Gasteiger partial charge in [0, 0.05) is 17.1 Å². The molecule has 1 aromatic carbocycles. The molecule has 0 spiro atoms. The number of likely N-dealkylation sites (tertiary alicyclic amines) is 1. The Morgan fingerprint density at radius 3 is 2.81 bits per heavy atom. The molecule has 1 aliphatic heterocycles. The summed E-state index contributed by atoms with van der Waals surface area (Å²) in [5, 5.41) is 0.632. The van der Waals surface area contributed by atoms with Gasteiger partial charge in [0.15, 0.2) is 0 Å². The molecule has 0 saturated carbocycles. The fourth-order valence-corrected chi connectivity index (χ4v) is 2.72. The third-order valence-electron chi connectivity index (χ3n) is 3.73. The Morgan fingerprint density at radius 2 is 2.14 bits per heavy atom. The fourth-order valence-electron chi connectivity index (χ4n) is 2.60. The van der Waals surface area contributed by atoms with E-state index in [9.17, 15) is 9.59 Å². The molecule has 1 fully saturated rings. The summed E-state index contributed by atoms with van der Waals surface area (Å²) in [6, 6.07) is 4.71. The van der Waals surface area contributed by atoms with Gasteiger partial charge in [0.2, 0.25) is 0 Å². The average Bonchev–Trinajstić information content (AvgIpc) is 2.49. The van der Waals surface area contributed by atoms with Gasteiger partial charge in [-0.3, -0.25) is 4.79 Å². The molecular weight excluding hydrogens is 290 g/mol. The minimum atomic E-state index is -0.470. The van der Waals surface area contributed by atoms with E-state index >= 15 is 0 Å². The van der Waals surface area contributed by atoms with Gasteiger partial charge in [-0.25, -0.2) is 4.79 Å². The number of ether oxygens (including phenoxy) is 1. The van der Waals surface area contributed by atoms with Crippen LogP contribution in [0.4, 0.5) is 0 Å². The Kier molecular flexibility index (Phi) is 5.23. The van der Waals surface area contributed by atoms with Gasteiger partial charge >= 0.3 is 5.97 Å². The van der Waals surface area contributed by atoms with Crippen molar-refractivity contribution in [2.45, 2.75) is 39.2 Å². The van der Waals surface area contributed by atoms with Crippen molar-refractivity contribution < 1.29 is 14.3 Å². The summed E-state index contributed by atoms with van der Waals surface area (Å²) in [6.07, 6.45) is 2.51. The third-order valence-corrected chi connectivity index (χ3v) is 4.15. The van der Waals surface area contributed by atoms with Crippen molar-refractivity contribution in [2.24, 2.45) is 0 Å². The van der Waals surface area contributed by atoms with Gasteiger partial charge in [-0.15, -0.1) is 0 Å². The van der Waals surface area contributed by atoms with Crippen molar-refractivity contribution in [1.82, 2.24) is 4.90 Å². The Labute approximate surface area is 130 Å². The molecule has 1 atom stereocenters. The normalized spacial score (nSPS) is 18.4. The van der Waals surface area contributed by atoms with E-state index in [-0.39, 0.29) is 11.9 Å². The maximum Gasteiger partial charge on any atom is 0.328 e. The summed E-state index contributed by atoms with van der Waals surface area (Å²) in [4.78, 5) is 26.3. The highest BCUT2D eigenvalue weighted by Gasteiger charge is 2.33. The van der Waals surface area contributed by atoms with Crippen LogP contribution in [0.1, 0.15) is 42.1 Å². The quantitative estimate of drug-likeness (QED) is 0.806. The zero-order valence-electron chi connectivity index (χ0n) is 12.4. The molecule has 1 saturated heterocycles. The number of hydrogen-bond donors (Lipinski definition) is 0. The lowest BCUT2D eigenvalue weighted by atomic mass is 10.0. The molecule has 0 N–H and O–H groups in total. The Balaban J connectivity index is 2.21. The Bertz CT molecular complexity index is 544. The number of esters is 1. The molecule has 2 rings (SSSR count). The number of piperidine rings is 1. The zero-order chi connectivity index (χ0) is 15.4. The first-order chi connectivity index (χ1) is 10.0. The lowest BCUT2D eigenvalue weighted by molar-refractivity contribution is -0.149. The summed E-state index contributed by atoms with van der Waals surface area (Å²) in [6.45, 7) is 4.55. The number of carbonyl (C=O) groups is 2. The largest absolute Gasteiger partial charge is 0.464 e. The zero-order valence-corrected chi connectivity index (χ0v) is 13.2. The summed E-state index contributed by atoms with van der Waals surface area (Å²) in [5.41, 5.74) is 1.42. The average molecular weight is 310 g/mol. The van der Waals surface area contributed by atoms with Gasteiger partial charge in [0.25, 0.3) is 5.91 Å². The van der Waals surface area contributed by atoms with Gasteiger partial charge in [0.1, 0.15) is 6.04 Å². The molecule has 1 aromatic rings. The minimum absolute atomic E-state index is 0.132. The van der Waals surface area contributed by atoms with Crippen molar-refractivity contribution >= 4 is 23.5 Å². The molecule has 5 heteroatoms. The molecule has 1 amide bonds. The molecule has 1 heterocycles. The van der Waals surface area contributed by atoms with E-state index in [0.717, 1.165) is 18.4 Å². The molecule has 1 aliphatic rings. The van der Waals surface area contributed by atoms with Gasteiger partial charge in [-0.05, 0) is 56.9 Å². The molecule has 0 radical (unpaired) electrons. The first-order valence-corrected chi connectivity index (χ1v) is 7.66. The minimum Gasteiger partial charge on any atom is -0.464 e. The van der Waals surface area contributed by atoms with Crippen LogP contribution in [0, 0.1) is 6.92 Å². The van der Waals surface area contributed by atoms with Crippen LogP contribution in [0.25, 0.3) is 0 Å². The van der Waals surface area contributed by atoms with Crippen LogP contribution in [0.2, 0.25) is 5.02 Å². The van der Waals surface area contributed by atoms with Gasteiger partial charge in [-0.2, -0.15) is 0 Å². The Hall–Kier alpha value is -1.55. The monoisotopic (exact) mass is 309 g/mol. The second kappa shape index (κ2) is 6.94. The highest BCUT2D eigenvalue weighted by molar-refractivity contribution is 6.31. The predicted octanol–water partition coefficient (Wildman–Crippen LogP) is 3.21. The summed E-state index contributed by atoms with van der Waals surface area (Å²) < 4.78 is 5.09. The van der Waals surface area contributed by atoms with Crippen molar-refractivity contribution in [3.63, 3.8) is 0 Å². The number of nitrogens with zero attached hydrogens (tertiary/aromatic N) is 1. The second-order valence-electron chi connectivity index (χ2n) is 5.23. The SMILES string of the molecule is CCOC(=O)C1CCCCN1C(=O)c1ccc(Cl)c(C)c1. The van der Waals surface area contributed by atoms with Crippen LogP contribution >= 0.6 is 11.6 Å². The second-order valence-corrected chi connectivity index (χ2v) is 5.63. The first-order valence-electron chi connectivity index (χ1n) is 7.28. The number of hydrogen-bond acceptors (Lipinski definition) is 3. The van der Waals surface area contributed by atoms with Crippen molar-refractivity contribution in [2.75, 3.05) is 13.2 Å². The smallest absolute Gasteiger partial charge is 0.328 e. The highest BCUT2D eigenvalue weighted by atomic mass is 35.5. The number of carbonyl (C=O) groups excluding carboxylic acids is 2. The maximum atomic E-state index is 12.7. The number of halogens is 1. The highest BCUT2D eigenvalue weighted by Crippen LogP contribution is 2.23. The summed E-state index contributed by atoms with van der Waals surface area (Å²) >= 11 is 5.99. The number of amides is 1. The van der Waals surface area contributed by atoms with Crippen LogP contribution in [0.3, 0.4) is 0 Å².